The standard InChI is InChI=1S/C16H23NO/c1-13-11-15(7-8-16(13)18-2)12-17-10-9-14-5-3-4-6-14/h5,7-8,11,17H,3-4,6,9-10,12H2,1-2H3. The van der Waals surface area contributed by atoms with Crippen molar-refractivity contribution in [3.8, 4) is 5.75 Å². The van der Waals surface area contributed by atoms with E-state index < -0.39 is 0 Å². The molecule has 0 atom stereocenters. The van der Waals surface area contributed by atoms with Crippen molar-refractivity contribution in [2.24, 2.45) is 0 Å². The number of nitrogens with one attached hydrogen (secondary N) is 1. The van der Waals surface area contributed by atoms with Crippen LogP contribution >= 0.6 is 0 Å². The van der Waals surface area contributed by atoms with E-state index in [0.29, 0.717) is 0 Å². The second kappa shape index (κ2) is 6.60. The lowest BCUT2D eigenvalue weighted by atomic mass is 10.1. The molecule has 1 aliphatic carbocycles. The van der Waals surface area contributed by atoms with Crippen LogP contribution in [0.2, 0.25) is 0 Å². The minimum atomic E-state index is 0.943. The van der Waals surface area contributed by atoms with E-state index in [4.69, 9.17) is 4.74 Å². The molecule has 1 aromatic carbocycles. The second-order valence-corrected chi connectivity index (χ2v) is 4.99. The van der Waals surface area contributed by atoms with Crippen LogP contribution in [0, 0.1) is 6.92 Å². The van der Waals surface area contributed by atoms with Gasteiger partial charge in [0.1, 0.15) is 5.75 Å². The van der Waals surface area contributed by atoms with Crippen molar-refractivity contribution in [2.75, 3.05) is 13.7 Å². The third-order valence-electron chi connectivity index (χ3n) is 3.55. The maximum atomic E-state index is 5.27. The molecule has 1 N–H and O–H groups in total. The lowest BCUT2D eigenvalue weighted by Crippen LogP contribution is -2.15. The van der Waals surface area contributed by atoms with Crippen LogP contribution in [0.1, 0.15) is 36.8 Å². The Morgan fingerprint density at radius 3 is 2.89 bits per heavy atom. The zero-order valence-electron chi connectivity index (χ0n) is 11.5. The van der Waals surface area contributed by atoms with Crippen LogP contribution in [0.15, 0.2) is 29.8 Å². The van der Waals surface area contributed by atoms with Gasteiger partial charge in [0.15, 0.2) is 0 Å². The molecule has 0 aliphatic heterocycles. The number of allylic oxidation sites excluding steroid dienone is 1. The number of hydrogen-bond donors (Lipinski definition) is 1. The Hall–Kier alpha value is -1.28. The van der Waals surface area contributed by atoms with Gasteiger partial charge in [0, 0.05) is 6.54 Å². The van der Waals surface area contributed by atoms with Crippen LogP contribution in [-0.4, -0.2) is 13.7 Å². The fourth-order valence-corrected chi connectivity index (χ4v) is 2.50. The third kappa shape index (κ3) is 3.61. The van der Waals surface area contributed by atoms with Gasteiger partial charge in [-0.1, -0.05) is 23.8 Å². The second-order valence-electron chi connectivity index (χ2n) is 4.99. The first-order chi connectivity index (χ1) is 8.79. The van der Waals surface area contributed by atoms with E-state index in [9.17, 15) is 0 Å². The average molecular weight is 245 g/mol. The van der Waals surface area contributed by atoms with Gasteiger partial charge in [-0.25, -0.2) is 0 Å². The average Bonchev–Trinajstić information content (AvgIpc) is 2.88. The van der Waals surface area contributed by atoms with Crippen molar-refractivity contribution in [3.63, 3.8) is 0 Å². The minimum absolute atomic E-state index is 0.943. The van der Waals surface area contributed by atoms with Crippen molar-refractivity contribution >= 4 is 0 Å². The van der Waals surface area contributed by atoms with Gasteiger partial charge in [0.25, 0.3) is 0 Å². The molecule has 0 saturated heterocycles. The Kier molecular flexibility index (Phi) is 4.82. The molecule has 0 amide bonds. The highest BCUT2D eigenvalue weighted by atomic mass is 16.5. The first-order valence-corrected chi connectivity index (χ1v) is 6.82. The van der Waals surface area contributed by atoms with Gasteiger partial charge in [-0.15, -0.1) is 0 Å². The van der Waals surface area contributed by atoms with Gasteiger partial charge >= 0.3 is 0 Å². The highest BCUT2D eigenvalue weighted by Crippen LogP contribution is 2.20. The maximum Gasteiger partial charge on any atom is 0.121 e. The monoisotopic (exact) mass is 245 g/mol. The Bertz CT molecular complexity index is 423. The first-order valence-electron chi connectivity index (χ1n) is 6.82. The van der Waals surface area contributed by atoms with Crippen LogP contribution < -0.4 is 10.1 Å². The number of hydrogen-bond acceptors (Lipinski definition) is 2. The Labute approximate surface area is 110 Å². The summed E-state index contributed by atoms with van der Waals surface area (Å²) >= 11 is 0. The Morgan fingerprint density at radius 2 is 2.22 bits per heavy atom. The zero-order valence-corrected chi connectivity index (χ0v) is 11.5. The molecule has 0 spiro atoms. The molecule has 0 unspecified atom stereocenters. The predicted octanol–water partition coefficient (Wildman–Crippen LogP) is 3.59. The maximum absolute atomic E-state index is 5.27. The number of methoxy groups -OCH3 is 1. The van der Waals surface area contributed by atoms with E-state index in [1.807, 2.05) is 6.07 Å². The van der Waals surface area contributed by atoms with E-state index in [2.05, 4.69) is 30.4 Å². The summed E-state index contributed by atoms with van der Waals surface area (Å²) in [6.45, 7) is 4.11. The van der Waals surface area contributed by atoms with E-state index in [-0.39, 0.29) is 0 Å². The molecule has 0 saturated carbocycles. The minimum Gasteiger partial charge on any atom is -0.496 e. The Balaban J connectivity index is 1.74. The smallest absolute Gasteiger partial charge is 0.121 e. The van der Waals surface area contributed by atoms with Gasteiger partial charge in [-0.3, -0.25) is 0 Å². The van der Waals surface area contributed by atoms with E-state index in [1.54, 1.807) is 12.7 Å². The summed E-state index contributed by atoms with van der Waals surface area (Å²) in [7, 11) is 1.72. The predicted molar refractivity (Wildman–Crippen MR) is 76.0 cm³/mol. The fraction of sp³-hybridized carbons (Fsp3) is 0.500. The van der Waals surface area contributed by atoms with Gasteiger partial charge in [-0.2, -0.15) is 0 Å². The summed E-state index contributed by atoms with van der Waals surface area (Å²) in [4.78, 5) is 0. The summed E-state index contributed by atoms with van der Waals surface area (Å²) in [6.07, 6.45) is 7.55. The highest BCUT2D eigenvalue weighted by molar-refractivity contribution is 5.36. The molecule has 1 aromatic rings. The Morgan fingerprint density at radius 1 is 1.33 bits per heavy atom. The normalized spacial score (nSPS) is 14.7. The van der Waals surface area contributed by atoms with Crippen molar-refractivity contribution < 1.29 is 4.74 Å². The molecule has 2 rings (SSSR count). The molecule has 2 heteroatoms. The van der Waals surface area contributed by atoms with Crippen molar-refractivity contribution in [2.45, 2.75) is 39.2 Å². The zero-order chi connectivity index (χ0) is 12.8. The third-order valence-corrected chi connectivity index (χ3v) is 3.55. The molecule has 0 fully saturated rings. The van der Waals surface area contributed by atoms with Gasteiger partial charge in [0.2, 0.25) is 0 Å². The van der Waals surface area contributed by atoms with Crippen molar-refractivity contribution in [3.05, 3.63) is 41.0 Å². The summed E-state index contributed by atoms with van der Waals surface area (Å²) < 4.78 is 5.27. The number of benzene rings is 1. The van der Waals surface area contributed by atoms with Crippen LogP contribution in [0.25, 0.3) is 0 Å². The molecular formula is C16H23NO. The number of rotatable bonds is 6. The van der Waals surface area contributed by atoms with Crippen molar-refractivity contribution in [1.82, 2.24) is 5.32 Å². The first kappa shape index (κ1) is 13.2. The molecule has 0 bridgehead atoms. The molecule has 0 aromatic heterocycles. The van der Waals surface area contributed by atoms with E-state index in [0.717, 1.165) is 18.8 Å². The summed E-state index contributed by atoms with van der Waals surface area (Å²) in [6, 6.07) is 6.38. The fourth-order valence-electron chi connectivity index (χ4n) is 2.50. The lowest BCUT2D eigenvalue weighted by Gasteiger charge is -2.09. The molecule has 1 aliphatic rings. The van der Waals surface area contributed by atoms with Crippen LogP contribution in [0.3, 0.4) is 0 Å². The summed E-state index contributed by atoms with van der Waals surface area (Å²) in [5.41, 5.74) is 4.16. The lowest BCUT2D eigenvalue weighted by molar-refractivity contribution is 0.411. The molecular weight excluding hydrogens is 222 g/mol. The quantitative estimate of drug-likeness (QED) is 0.611. The van der Waals surface area contributed by atoms with Gasteiger partial charge in [0.05, 0.1) is 7.11 Å². The summed E-state index contributed by atoms with van der Waals surface area (Å²) in [5.74, 6) is 0.967. The van der Waals surface area contributed by atoms with E-state index >= 15 is 0 Å². The van der Waals surface area contributed by atoms with Crippen LogP contribution in [0.4, 0.5) is 0 Å². The largest absolute Gasteiger partial charge is 0.496 e. The van der Waals surface area contributed by atoms with Gasteiger partial charge in [-0.05, 0) is 56.3 Å². The molecule has 0 radical (unpaired) electrons. The number of aryl methyl sites for hydroxylation is 1. The van der Waals surface area contributed by atoms with Crippen LogP contribution in [-0.2, 0) is 6.54 Å². The van der Waals surface area contributed by atoms with Crippen molar-refractivity contribution in [1.29, 1.82) is 0 Å². The molecule has 98 valence electrons. The summed E-state index contributed by atoms with van der Waals surface area (Å²) in [5, 5.41) is 3.51. The highest BCUT2D eigenvalue weighted by Gasteiger charge is 2.04. The van der Waals surface area contributed by atoms with E-state index in [1.165, 1.54) is 36.8 Å². The SMILES string of the molecule is COc1ccc(CNCCC2=CCCC2)cc1C. The molecule has 2 nitrogen and oxygen atoms in total. The van der Waals surface area contributed by atoms with Gasteiger partial charge < -0.3 is 10.1 Å². The topological polar surface area (TPSA) is 21.3 Å². The number of ether oxygens (including phenoxy) is 1. The molecule has 0 heterocycles. The molecule has 18 heavy (non-hydrogen) atoms. The van der Waals surface area contributed by atoms with Crippen LogP contribution in [0.5, 0.6) is 5.75 Å².